The van der Waals surface area contributed by atoms with Gasteiger partial charge in [0, 0.05) is 99.0 Å². The number of rotatable bonds is 25. The highest BCUT2D eigenvalue weighted by molar-refractivity contribution is 7.80. The number of aliphatic carboxylic acids is 1. The van der Waals surface area contributed by atoms with Crippen LogP contribution in [0.15, 0.2) is 120 Å². The number of unbranched alkanes of at least 4 members (excludes halogenated alkanes) is 1. The summed E-state index contributed by atoms with van der Waals surface area (Å²) in [6.45, 7) is -1.22. The van der Waals surface area contributed by atoms with Crippen molar-refractivity contribution in [1.82, 2.24) is 41.4 Å². The van der Waals surface area contributed by atoms with Gasteiger partial charge in [-0.05, 0) is 98.4 Å². The van der Waals surface area contributed by atoms with E-state index in [1.807, 2.05) is 0 Å². The fourth-order valence-electron chi connectivity index (χ4n) is 11.1. The monoisotopic (exact) mass is 1310 g/mol. The Morgan fingerprint density at radius 1 is 0.809 bits per heavy atom. The lowest BCUT2D eigenvalue weighted by molar-refractivity contribution is -0.142. The van der Waals surface area contributed by atoms with Crippen molar-refractivity contribution < 1.29 is 71.9 Å². The van der Waals surface area contributed by atoms with Gasteiger partial charge < -0.3 is 77.5 Å². The summed E-state index contributed by atoms with van der Waals surface area (Å²) in [5, 5.41) is 59.8. The van der Waals surface area contributed by atoms with Crippen molar-refractivity contribution in [2.24, 2.45) is 10.7 Å². The number of aromatic hydroxyl groups is 2. The number of phenols is 2. The molecule has 1 spiro atoms. The van der Waals surface area contributed by atoms with Crippen molar-refractivity contribution in [3.63, 3.8) is 0 Å². The number of alkyl halides is 2. The van der Waals surface area contributed by atoms with Gasteiger partial charge in [0.25, 0.3) is 11.8 Å². The molecule has 0 aliphatic carbocycles. The Kier molecular flexibility index (Phi) is 21.1. The molecule has 4 heterocycles. The van der Waals surface area contributed by atoms with Crippen LogP contribution in [0.3, 0.4) is 0 Å². The molecule has 6 amide bonds. The maximum Gasteiger partial charge on any atom is 0.340 e. The Labute approximate surface area is 542 Å². The van der Waals surface area contributed by atoms with Gasteiger partial charge in [-0.15, -0.1) is 0 Å². The third kappa shape index (κ3) is 16.0. The summed E-state index contributed by atoms with van der Waals surface area (Å²) < 4.78 is 40.2. The fraction of sp³-hybridized carbons (Fsp3) is 0.323. The molecular weight excluding hydrogens is 1240 g/mol. The number of nitrogens with zero attached hydrogens (tertiary/aromatic N) is 5. The van der Waals surface area contributed by atoms with Gasteiger partial charge >= 0.3 is 11.9 Å². The summed E-state index contributed by atoms with van der Waals surface area (Å²) in [7, 11) is 3.38. The van der Waals surface area contributed by atoms with E-state index in [1.165, 1.54) is 54.7 Å². The molecule has 9 rings (SSSR count). The number of halogens is 2. The number of hydrogen-bond acceptors (Lipinski definition) is 16. The van der Waals surface area contributed by atoms with E-state index in [1.54, 1.807) is 85.7 Å². The number of carbonyl (C=O) groups excluding carboxylic acids is 7. The molecule has 0 radical (unpaired) electrons. The minimum Gasteiger partial charge on any atom is -0.508 e. The van der Waals surface area contributed by atoms with E-state index < -0.39 is 115 Å². The Balaban J connectivity index is 0.791. The second-order valence-electron chi connectivity index (χ2n) is 22.7. The number of guanidine groups is 1. The number of nitriles is 1. The summed E-state index contributed by atoms with van der Waals surface area (Å²) in [6, 6.07) is 24.8. The summed E-state index contributed by atoms with van der Waals surface area (Å²) in [6.07, 6.45) is 0.412. The van der Waals surface area contributed by atoms with E-state index in [4.69, 9.17) is 27.4 Å². The second kappa shape index (κ2) is 29.5. The maximum absolute atomic E-state index is 14.3. The summed E-state index contributed by atoms with van der Waals surface area (Å²) >= 11 is 5.57. The molecule has 1 fully saturated rings. The molecule has 490 valence electrons. The Morgan fingerprint density at radius 2 is 1.48 bits per heavy atom. The third-order valence-corrected chi connectivity index (χ3v) is 16.1. The van der Waals surface area contributed by atoms with Crippen molar-refractivity contribution in [2.45, 2.75) is 93.5 Å². The summed E-state index contributed by atoms with van der Waals surface area (Å²) in [5.74, 6) is -9.34. The molecule has 1 saturated heterocycles. The standard InChI is InChI=1S/C65H67F2N13O13S/c1-79(2)62(69)71-26-9-15-48(76-54(84)23-22-53(83)75-47-14-8-12-41-42(24-27-70-56(41)47)57(86)73-34-55(85)80-35-64(66,67)32-38(80)33-68)58(87)78-50(28-36-10-4-3-5-11-36)59(88)77-49(60(89)90)13-6-7-25-72-63(94)74-37-16-19-44-43(29-37)61(91)93-65(44)45-20-17-39(81)30-51(45)92-52-31-40(82)18-21-46(52)65/h3-5,8,10-12,14,16-21,24,27,29-31,38,48-50,81-82H,6-7,9,13,15,22-23,25-26,28,32,34-35H2,1-2H3,(H2,69,71)(H,73,86)(H,75,83)(H,76,84)(H,77,88)(H,78,87)(H,89,90)(H2,72,74,94)/t38-,48-,49-,50-/m0/s1. The Bertz CT molecular complexity index is 3970. The summed E-state index contributed by atoms with van der Waals surface area (Å²) in [4.78, 5) is 119. The van der Waals surface area contributed by atoms with Crippen LogP contribution in [0.2, 0.25) is 0 Å². The van der Waals surface area contributed by atoms with Gasteiger partial charge in [-0.2, -0.15) is 5.26 Å². The van der Waals surface area contributed by atoms with Crippen LogP contribution in [0, 0.1) is 11.3 Å². The van der Waals surface area contributed by atoms with Crippen LogP contribution in [0.25, 0.3) is 10.9 Å². The van der Waals surface area contributed by atoms with Crippen molar-refractivity contribution in [1.29, 1.82) is 5.26 Å². The van der Waals surface area contributed by atoms with Gasteiger partial charge in [0.2, 0.25) is 29.5 Å². The molecule has 94 heavy (non-hydrogen) atoms. The molecule has 12 N–H and O–H groups in total. The molecule has 0 saturated carbocycles. The van der Waals surface area contributed by atoms with Gasteiger partial charge in [-0.1, -0.05) is 48.5 Å². The molecular formula is C65H67F2N13O13S. The number of benzene rings is 5. The molecule has 3 aliphatic rings. The van der Waals surface area contributed by atoms with Crippen molar-refractivity contribution in [2.75, 3.05) is 50.9 Å². The number of likely N-dealkylation sites (tertiary alicyclic amines) is 1. The van der Waals surface area contributed by atoms with E-state index in [2.05, 4.69) is 47.2 Å². The zero-order valence-electron chi connectivity index (χ0n) is 50.9. The highest BCUT2D eigenvalue weighted by Crippen LogP contribution is 2.57. The molecule has 1 aromatic heterocycles. The van der Waals surface area contributed by atoms with Crippen LogP contribution in [0.4, 0.5) is 20.2 Å². The largest absolute Gasteiger partial charge is 0.508 e. The lowest BCUT2D eigenvalue weighted by Crippen LogP contribution is -2.56. The number of phenolic OH excluding ortho intramolecular Hbond substituents is 2. The maximum atomic E-state index is 14.3. The number of esters is 1. The fourth-order valence-corrected chi connectivity index (χ4v) is 11.3. The van der Waals surface area contributed by atoms with Crippen molar-refractivity contribution >= 4 is 92.9 Å². The van der Waals surface area contributed by atoms with E-state index in [-0.39, 0.29) is 107 Å². The van der Waals surface area contributed by atoms with Crippen LogP contribution in [0.1, 0.15) is 94.3 Å². The number of ether oxygens (including phenoxy) is 2. The van der Waals surface area contributed by atoms with Gasteiger partial charge in [-0.25, -0.2) is 18.4 Å². The number of aromatic nitrogens is 1. The number of carbonyl (C=O) groups is 8. The van der Waals surface area contributed by atoms with Gasteiger partial charge in [-0.3, -0.25) is 38.7 Å². The molecule has 6 aromatic rings. The van der Waals surface area contributed by atoms with E-state index in [9.17, 15) is 67.7 Å². The molecule has 26 nitrogen and oxygen atoms in total. The topological polar surface area (TPSA) is 381 Å². The number of hydrogen-bond donors (Lipinski definition) is 11. The number of nitrogens with two attached hydrogens (primary N) is 1. The normalized spacial score (nSPS) is 15.6. The van der Waals surface area contributed by atoms with Crippen LogP contribution < -0.4 is 47.7 Å². The van der Waals surface area contributed by atoms with E-state index in [0.717, 1.165) is 4.90 Å². The number of thiocarbonyl (C=S) groups is 1. The molecule has 3 aliphatic heterocycles. The minimum absolute atomic E-state index is 0.0109. The molecule has 29 heteroatoms. The van der Waals surface area contributed by atoms with Gasteiger partial charge in [0.1, 0.15) is 47.2 Å². The second-order valence-corrected chi connectivity index (χ2v) is 23.1. The van der Waals surface area contributed by atoms with Crippen LogP contribution in [0.5, 0.6) is 23.0 Å². The highest BCUT2D eigenvalue weighted by atomic mass is 32.1. The van der Waals surface area contributed by atoms with Crippen molar-refractivity contribution in [3.8, 4) is 29.1 Å². The van der Waals surface area contributed by atoms with E-state index >= 15 is 0 Å². The smallest absolute Gasteiger partial charge is 0.340 e. The zero-order valence-corrected chi connectivity index (χ0v) is 51.7. The number of para-hydroxylation sites is 1. The number of anilines is 2. The lowest BCUT2D eigenvalue weighted by atomic mass is 9.77. The highest BCUT2D eigenvalue weighted by Gasteiger charge is 2.54. The first-order valence-electron chi connectivity index (χ1n) is 29.9. The number of pyridine rings is 1. The number of carboxylic acid groups (broad SMARTS) is 1. The van der Waals surface area contributed by atoms with Crippen LogP contribution in [-0.2, 0) is 45.5 Å². The molecule has 0 unspecified atom stereocenters. The average molecular weight is 1310 g/mol. The van der Waals surface area contributed by atoms with E-state index in [0.29, 0.717) is 34.4 Å². The quantitative estimate of drug-likeness (QED) is 0.0118. The van der Waals surface area contributed by atoms with Gasteiger partial charge in [0.15, 0.2) is 16.7 Å². The molecule has 5 aromatic carbocycles. The predicted molar refractivity (Wildman–Crippen MR) is 342 cm³/mol. The van der Waals surface area contributed by atoms with Gasteiger partial charge in [0.05, 0.1) is 41.5 Å². The number of fused-ring (bicyclic) bond motifs is 7. The number of aliphatic imine (C=N–C) groups is 1. The lowest BCUT2D eigenvalue weighted by Gasteiger charge is -2.36. The van der Waals surface area contributed by atoms with Crippen LogP contribution in [-0.4, -0.2) is 159 Å². The number of amides is 6. The first kappa shape index (κ1) is 67.4. The predicted octanol–water partition coefficient (Wildman–Crippen LogP) is 5.02. The SMILES string of the molecule is CN(C)C(N)=NCCC[C@H](NC(=O)CCC(=O)Nc1cccc2c(C(=O)NCC(=O)N3CC(F)(F)C[C@H]3C#N)ccnc12)C(=O)N[C@@H](Cc1ccccc1)C(=O)N[C@@H](CCCCNC(=S)Nc1ccc2c(c1)C(=O)OC21c2ccc(O)cc2Oc2cc(O)ccc21)C(=O)O. The Morgan fingerprint density at radius 3 is 2.17 bits per heavy atom. The summed E-state index contributed by atoms with van der Waals surface area (Å²) in [5.41, 5.74) is 7.58. The third-order valence-electron chi connectivity index (χ3n) is 15.8. The number of nitrogens with one attached hydrogen (secondary N) is 7. The minimum atomic E-state index is -3.25. The zero-order chi connectivity index (χ0) is 67.4. The Hall–Kier alpha value is -11.0. The molecule has 4 atom stereocenters. The average Bonchev–Trinajstić information content (AvgIpc) is 1.47. The van der Waals surface area contributed by atoms with Crippen LogP contribution >= 0.6 is 12.2 Å². The first-order valence-corrected chi connectivity index (χ1v) is 30.3. The molecule has 0 bridgehead atoms. The number of carboxylic acids is 1. The van der Waals surface area contributed by atoms with Crippen molar-refractivity contribution in [3.05, 3.63) is 149 Å². The first-order chi connectivity index (χ1) is 44.9.